The van der Waals surface area contributed by atoms with Crippen molar-refractivity contribution in [3.63, 3.8) is 0 Å². The van der Waals surface area contributed by atoms with E-state index in [0.717, 1.165) is 38.6 Å². The molecule has 0 amide bonds. The predicted molar refractivity (Wildman–Crippen MR) is 190 cm³/mol. The van der Waals surface area contributed by atoms with Crippen molar-refractivity contribution in [2.24, 2.45) is 17.8 Å². The number of H-pyrrole nitrogens is 1. The summed E-state index contributed by atoms with van der Waals surface area (Å²) in [6.07, 6.45) is 5.63. The Hall–Kier alpha value is -4.75. The molecule has 48 heavy (non-hydrogen) atoms. The minimum Gasteiger partial charge on any atom is -0.504 e. The highest BCUT2D eigenvalue weighted by Gasteiger charge is 2.29. The number of aromatic amines is 1. The molecule has 0 saturated heterocycles. The largest absolute Gasteiger partial charge is 0.504 e. The number of ether oxygens (including phenoxy) is 2. The normalized spacial score (nSPS) is 13.4. The molecule has 7 heteroatoms. The van der Waals surface area contributed by atoms with Crippen LogP contribution in [0.25, 0.3) is 10.8 Å². The molecule has 0 saturated carbocycles. The van der Waals surface area contributed by atoms with E-state index in [-0.39, 0.29) is 29.6 Å². The first-order valence-corrected chi connectivity index (χ1v) is 16.7. The van der Waals surface area contributed by atoms with Crippen molar-refractivity contribution in [1.82, 2.24) is 4.98 Å². The third kappa shape index (κ3) is 8.58. The third-order valence-electron chi connectivity index (χ3n) is 9.23. The van der Waals surface area contributed by atoms with Crippen LogP contribution in [0.15, 0.2) is 91.3 Å². The highest BCUT2D eigenvalue weighted by molar-refractivity contribution is 5.84. The van der Waals surface area contributed by atoms with E-state index in [9.17, 15) is 20.1 Å². The smallest absolute Gasteiger partial charge is 0.163 e. The highest BCUT2D eigenvalue weighted by atomic mass is 16.5. The van der Waals surface area contributed by atoms with Crippen LogP contribution in [0.5, 0.6) is 23.0 Å². The number of phenols is 2. The molecule has 0 aliphatic rings. The van der Waals surface area contributed by atoms with Crippen molar-refractivity contribution in [3.05, 3.63) is 119 Å². The Labute approximate surface area is 283 Å². The zero-order valence-corrected chi connectivity index (χ0v) is 28.3. The quantitative estimate of drug-likeness (QED) is 0.0875. The predicted octanol–water partition coefficient (Wildman–Crippen LogP) is 7.62. The summed E-state index contributed by atoms with van der Waals surface area (Å²) in [6.45, 7) is 4.24. The number of hydrogen-bond acceptors (Lipinski definition) is 6. The van der Waals surface area contributed by atoms with Crippen LogP contribution >= 0.6 is 0 Å². The van der Waals surface area contributed by atoms with Gasteiger partial charge in [-0.25, -0.2) is 0 Å². The Balaban J connectivity index is 1.44. The fourth-order valence-corrected chi connectivity index (χ4v) is 6.75. The fourth-order valence-electron chi connectivity index (χ4n) is 6.75. The van der Waals surface area contributed by atoms with Crippen LogP contribution < -0.4 is 9.47 Å². The zero-order chi connectivity index (χ0) is 34.2. The number of aromatic nitrogens is 1. The second-order valence-electron chi connectivity index (χ2n) is 13.3. The van der Waals surface area contributed by atoms with Crippen LogP contribution in [0.4, 0.5) is 0 Å². The van der Waals surface area contributed by atoms with E-state index in [0.29, 0.717) is 49.5 Å². The summed E-state index contributed by atoms with van der Waals surface area (Å²) in [5, 5.41) is 34.9. The van der Waals surface area contributed by atoms with Gasteiger partial charge in [0.2, 0.25) is 0 Å². The number of carbonyl (C=O) groups excluding carboxylic acids is 1. The summed E-state index contributed by atoms with van der Waals surface area (Å²) in [6, 6.07) is 25.2. The summed E-state index contributed by atoms with van der Waals surface area (Å²) >= 11 is 0. The van der Waals surface area contributed by atoms with E-state index in [1.165, 1.54) is 7.11 Å². The number of methoxy groups -OCH3 is 2. The fraction of sp³-hybridized carbons (Fsp3) is 0.341. The Morgan fingerprint density at radius 2 is 1.46 bits per heavy atom. The number of hydrogen-bond donors (Lipinski definition) is 4. The molecule has 4 aromatic carbocycles. The van der Waals surface area contributed by atoms with Gasteiger partial charge in [0.15, 0.2) is 23.0 Å². The number of aliphatic hydroxyl groups is 1. The number of fused-ring (bicyclic) bond motifs is 1. The maximum Gasteiger partial charge on any atom is 0.163 e. The van der Waals surface area contributed by atoms with Gasteiger partial charge in [-0.05, 0) is 101 Å². The topological polar surface area (TPSA) is 112 Å². The molecule has 0 aliphatic carbocycles. The van der Waals surface area contributed by atoms with Crippen LogP contribution in [0.2, 0.25) is 0 Å². The molecular weight excluding hydrogens is 602 g/mol. The standard InChI is InChI=1S/C41H47NO6/c1-26(2)17-35-32(12-14-37(44)41(35)48-4)23-34(21-29-15-16-42-25-29)39(46)24-38(45)33(20-28-10-13-36(43)40(22-28)47-3)19-27-9-11-30-7-5-6-8-31(30)18-27/h5-16,18,22,25-26,33-34,39,42-44,46H,17,19-21,23-24H2,1-4H3. The number of nitrogens with one attached hydrogen (secondary N) is 1. The molecule has 5 aromatic rings. The Morgan fingerprint density at radius 1 is 0.750 bits per heavy atom. The van der Waals surface area contributed by atoms with E-state index in [2.05, 4.69) is 49.2 Å². The number of ketones is 1. The first kappa shape index (κ1) is 34.6. The molecule has 1 heterocycles. The minimum absolute atomic E-state index is 0.00269. The van der Waals surface area contributed by atoms with Crippen molar-refractivity contribution in [3.8, 4) is 23.0 Å². The molecule has 1 aromatic heterocycles. The van der Waals surface area contributed by atoms with Crippen molar-refractivity contribution >= 4 is 16.6 Å². The zero-order valence-electron chi connectivity index (χ0n) is 28.3. The molecule has 0 spiro atoms. The molecule has 5 rings (SSSR count). The van der Waals surface area contributed by atoms with E-state index in [1.54, 1.807) is 25.3 Å². The van der Waals surface area contributed by atoms with E-state index >= 15 is 0 Å². The van der Waals surface area contributed by atoms with Crippen molar-refractivity contribution < 1.29 is 29.6 Å². The van der Waals surface area contributed by atoms with Gasteiger partial charge in [0.25, 0.3) is 0 Å². The van der Waals surface area contributed by atoms with Crippen LogP contribution in [-0.2, 0) is 36.9 Å². The second kappa shape index (κ2) is 15.9. The molecule has 3 atom stereocenters. The molecule has 4 N–H and O–H groups in total. The van der Waals surface area contributed by atoms with Crippen molar-refractivity contribution in [1.29, 1.82) is 0 Å². The summed E-state index contributed by atoms with van der Waals surface area (Å²) in [7, 11) is 3.07. The van der Waals surface area contributed by atoms with Crippen LogP contribution in [0.3, 0.4) is 0 Å². The summed E-state index contributed by atoms with van der Waals surface area (Å²) in [4.78, 5) is 17.4. The number of benzene rings is 4. The maximum atomic E-state index is 14.3. The Kier molecular flexibility index (Phi) is 11.5. The van der Waals surface area contributed by atoms with E-state index in [1.807, 2.05) is 42.7 Å². The molecular formula is C41H47NO6. The van der Waals surface area contributed by atoms with Crippen LogP contribution in [-0.4, -0.2) is 46.4 Å². The molecule has 0 aliphatic heterocycles. The molecule has 3 unspecified atom stereocenters. The highest BCUT2D eigenvalue weighted by Crippen LogP contribution is 2.37. The summed E-state index contributed by atoms with van der Waals surface area (Å²) < 4.78 is 11.0. The molecule has 0 radical (unpaired) electrons. The number of aromatic hydroxyl groups is 2. The van der Waals surface area contributed by atoms with Gasteiger partial charge < -0.3 is 29.8 Å². The van der Waals surface area contributed by atoms with Gasteiger partial charge in [-0.3, -0.25) is 4.79 Å². The summed E-state index contributed by atoms with van der Waals surface area (Å²) in [5.41, 5.74) is 4.89. The molecule has 0 bridgehead atoms. The first-order valence-electron chi connectivity index (χ1n) is 16.7. The van der Waals surface area contributed by atoms with Crippen molar-refractivity contribution in [2.75, 3.05) is 14.2 Å². The lowest BCUT2D eigenvalue weighted by molar-refractivity contribution is -0.125. The molecule has 7 nitrogen and oxygen atoms in total. The van der Waals surface area contributed by atoms with Gasteiger partial charge in [-0.15, -0.1) is 0 Å². The second-order valence-corrected chi connectivity index (χ2v) is 13.3. The number of rotatable bonds is 16. The number of carbonyl (C=O) groups is 1. The number of phenolic OH excluding ortho intramolecular Hbond substituents is 2. The average Bonchev–Trinajstić information content (AvgIpc) is 3.59. The van der Waals surface area contributed by atoms with Gasteiger partial charge in [-0.1, -0.05) is 68.4 Å². The monoisotopic (exact) mass is 649 g/mol. The van der Waals surface area contributed by atoms with Gasteiger partial charge in [-0.2, -0.15) is 0 Å². The SMILES string of the molecule is COc1cc(CC(Cc2ccc3ccccc3c2)C(=O)CC(O)C(Cc2cc[nH]c2)Cc2ccc(O)c(OC)c2CC(C)C)ccc1O. The molecule has 0 fully saturated rings. The lowest BCUT2D eigenvalue weighted by Gasteiger charge is -2.26. The first-order chi connectivity index (χ1) is 23.1. The van der Waals surface area contributed by atoms with Gasteiger partial charge in [0, 0.05) is 30.3 Å². The summed E-state index contributed by atoms with van der Waals surface area (Å²) in [5.74, 6) is 0.593. The maximum absolute atomic E-state index is 14.3. The average molecular weight is 650 g/mol. The number of Topliss-reactive ketones (excluding diaryl/α,β-unsaturated/α-hetero) is 1. The van der Waals surface area contributed by atoms with Crippen LogP contribution in [0, 0.1) is 17.8 Å². The Bertz CT molecular complexity index is 1810. The van der Waals surface area contributed by atoms with Crippen molar-refractivity contribution in [2.45, 2.75) is 58.5 Å². The van der Waals surface area contributed by atoms with Crippen LogP contribution in [0.1, 0.15) is 48.1 Å². The van der Waals surface area contributed by atoms with E-state index in [4.69, 9.17) is 9.47 Å². The van der Waals surface area contributed by atoms with Gasteiger partial charge in [0.1, 0.15) is 5.78 Å². The number of aliphatic hydroxyl groups excluding tert-OH is 1. The third-order valence-corrected chi connectivity index (χ3v) is 9.23. The lowest BCUT2D eigenvalue weighted by Crippen LogP contribution is -2.31. The van der Waals surface area contributed by atoms with Gasteiger partial charge in [0.05, 0.1) is 20.3 Å². The van der Waals surface area contributed by atoms with Gasteiger partial charge >= 0.3 is 0 Å². The Morgan fingerprint density at radius 3 is 2.15 bits per heavy atom. The lowest BCUT2D eigenvalue weighted by atomic mass is 9.81. The minimum atomic E-state index is -0.910. The van der Waals surface area contributed by atoms with E-state index < -0.39 is 12.0 Å². The molecule has 252 valence electrons.